The van der Waals surface area contributed by atoms with Gasteiger partial charge in [-0.15, -0.1) is 22.7 Å². The van der Waals surface area contributed by atoms with Crippen molar-refractivity contribution in [3.05, 3.63) is 27.7 Å². The number of likely N-dealkylation sites (tertiary alicyclic amines) is 1. The monoisotopic (exact) mass is 336 g/mol. The van der Waals surface area contributed by atoms with Gasteiger partial charge in [0.15, 0.2) is 5.13 Å². The van der Waals surface area contributed by atoms with Gasteiger partial charge in [0, 0.05) is 36.5 Å². The molecule has 3 heterocycles. The molecule has 1 amide bonds. The van der Waals surface area contributed by atoms with Crippen LogP contribution in [0.2, 0.25) is 0 Å². The molecule has 0 aliphatic carbocycles. The molecule has 3 rings (SSSR count). The van der Waals surface area contributed by atoms with E-state index in [-0.39, 0.29) is 5.91 Å². The molecule has 1 saturated heterocycles. The van der Waals surface area contributed by atoms with Crippen molar-refractivity contribution in [1.82, 2.24) is 14.9 Å². The van der Waals surface area contributed by atoms with Crippen LogP contribution in [0.5, 0.6) is 0 Å². The Morgan fingerprint density at radius 3 is 3.18 bits per heavy atom. The number of carbonyl (C=O) groups excluding carboxylic acids is 1. The fraction of sp³-hybridized carbons (Fsp3) is 0.533. The highest BCUT2D eigenvalue weighted by molar-refractivity contribution is 7.15. The minimum absolute atomic E-state index is 0.0674. The van der Waals surface area contributed by atoms with E-state index in [1.165, 1.54) is 30.3 Å². The van der Waals surface area contributed by atoms with E-state index in [0.29, 0.717) is 11.0 Å². The Labute approximate surface area is 138 Å². The van der Waals surface area contributed by atoms with Crippen LogP contribution in [0, 0.1) is 5.92 Å². The van der Waals surface area contributed by atoms with E-state index in [9.17, 15) is 4.79 Å². The molecule has 0 saturated carbocycles. The highest BCUT2D eigenvalue weighted by atomic mass is 32.1. The number of amides is 1. The van der Waals surface area contributed by atoms with Crippen LogP contribution in [0.3, 0.4) is 0 Å². The largest absolute Gasteiger partial charge is 0.302 e. The lowest BCUT2D eigenvalue weighted by atomic mass is 9.94. The molecule has 1 fully saturated rings. The van der Waals surface area contributed by atoms with Gasteiger partial charge in [-0.05, 0) is 31.7 Å². The maximum absolute atomic E-state index is 11.0. The first kappa shape index (κ1) is 15.6. The van der Waals surface area contributed by atoms with Crippen LogP contribution in [0.15, 0.2) is 17.1 Å². The predicted octanol–water partition coefficient (Wildman–Crippen LogP) is 3.01. The van der Waals surface area contributed by atoms with Crippen molar-refractivity contribution in [2.75, 3.05) is 18.4 Å². The van der Waals surface area contributed by atoms with Crippen LogP contribution in [0.1, 0.15) is 30.3 Å². The molecular weight excluding hydrogens is 316 g/mol. The molecule has 1 atom stereocenters. The lowest BCUT2D eigenvalue weighted by molar-refractivity contribution is -0.114. The van der Waals surface area contributed by atoms with Crippen LogP contribution >= 0.6 is 22.7 Å². The summed E-state index contributed by atoms with van der Waals surface area (Å²) >= 11 is 3.24. The van der Waals surface area contributed by atoms with Gasteiger partial charge < -0.3 is 5.32 Å². The number of nitrogens with one attached hydrogen (secondary N) is 1. The Kier molecular flexibility index (Phi) is 5.17. The zero-order chi connectivity index (χ0) is 15.4. The molecular formula is C15H20N4OS2. The fourth-order valence-electron chi connectivity index (χ4n) is 2.90. The molecule has 1 aliphatic rings. The van der Waals surface area contributed by atoms with Gasteiger partial charge in [0.05, 0.1) is 11.2 Å². The zero-order valence-corrected chi connectivity index (χ0v) is 14.3. The molecule has 1 N–H and O–H groups in total. The molecule has 7 heteroatoms. The van der Waals surface area contributed by atoms with E-state index >= 15 is 0 Å². The fourth-order valence-corrected chi connectivity index (χ4v) is 4.38. The second-order valence-corrected chi connectivity index (χ2v) is 7.57. The van der Waals surface area contributed by atoms with Crippen LogP contribution < -0.4 is 5.32 Å². The molecule has 2 aromatic heterocycles. The Bertz CT molecular complexity index is 611. The highest BCUT2D eigenvalue weighted by Gasteiger charge is 2.21. The normalized spacial score (nSPS) is 19.2. The first-order chi connectivity index (χ1) is 10.7. The summed E-state index contributed by atoms with van der Waals surface area (Å²) in [5, 5.41) is 5.59. The minimum Gasteiger partial charge on any atom is -0.302 e. The Morgan fingerprint density at radius 2 is 2.41 bits per heavy atom. The lowest BCUT2D eigenvalue weighted by Crippen LogP contribution is -2.35. The van der Waals surface area contributed by atoms with Crippen molar-refractivity contribution in [2.24, 2.45) is 5.92 Å². The number of nitrogens with zero attached hydrogens (tertiary/aromatic N) is 3. The maximum Gasteiger partial charge on any atom is 0.223 e. The average molecular weight is 336 g/mol. The van der Waals surface area contributed by atoms with Gasteiger partial charge in [0.25, 0.3) is 0 Å². The van der Waals surface area contributed by atoms with E-state index in [0.717, 1.165) is 26.1 Å². The quantitative estimate of drug-likeness (QED) is 0.912. The van der Waals surface area contributed by atoms with E-state index in [1.54, 1.807) is 22.7 Å². The van der Waals surface area contributed by atoms with E-state index in [4.69, 9.17) is 0 Å². The van der Waals surface area contributed by atoms with Crippen molar-refractivity contribution in [1.29, 1.82) is 0 Å². The third-order valence-corrected chi connectivity index (χ3v) is 5.33. The topological polar surface area (TPSA) is 58.1 Å². The smallest absolute Gasteiger partial charge is 0.223 e. The predicted molar refractivity (Wildman–Crippen MR) is 90.2 cm³/mol. The second kappa shape index (κ2) is 7.30. The van der Waals surface area contributed by atoms with Gasteiger partial charge in [0.1, 0.15) is 0 Å². The number of carbonyl (C=O) groups is 1. The third-order valence-electron chi connectivity index (χ3n) is 3.80. The van der Waals surface area contributed by atoms with Crippen molar-refractivity contribution in [2.45, 2.75) is 32.7 Å². The van der Waals surface area contributed by atoms with Crippen LogP contribution in [-0.4, -0.2) is 33.9 Å². The number of hydrogen-bond acceptors (Lipinski definition) is 6. The van der Waals surface area contributed by atoms with E-state index < -0.39 is 0 Å². The van der Waals surface area contributed by atoms with Gasteiger partial charge in [-0.3, -0.25) is 9.69 Å². The summed E-state index contributed by atoms with van der Waals surface area (Å²) < 4.78 is 0. The van der Waals surface area contributed by atoms with E-state index in [2.05, 4.69) is 25.6 Å². The molecule has 1 aliphatic heterocycles. The third kappa shape index (κ3) is 4.34. The number of aromatic nitrogens is 2. The molecule has 0 aromatic carbocycles. The van der Waals surface area contributed by atoms with Crippen molar-refractivity contribution >= 4 is 33.7 Å². The summed E-state index contributed by atoms with van der Waals surface area (Å²) in [6.07, 6.45) is 5.49. The first-order valence-corrected chi connectivity index (χ1v) is 9.26. The van der Waals surface area contributed by atoms with Gasteiger partial charge in [-0.25, -0.2) is 9.97 Å². The number of thiazole rings is 2. The SMILES string of the molecule is CC(=O)Nc1ncc(CN2CCCC(Cc3cscn3)C2)s1. The molecule has 1 unspecified atom stereocenters. The van der Waals surface area contributed by atoms with Crippen molar-refractivity contribution in [3.63, 3.8) is 0 Å². The summed E-state index contributed by atoms with van der Waals surface area (Å²) in [6, 6.07) is 0. The van der Waals surface area contributed by atoms with E-state index in [1.807, 2.05) is 11.7 Å². The standard InChI is InChI=1S/C15H20N4OS2/c1-11(20)18-15-16-6-14(22-15)8-19-4-2-3-12(7-19)5-13-9-21-10-17-13/h6,9-10,12H,2-5,7-8H2,1H3,(H,16,18,20). The molecule has 22 heavy (non-hydrogen) atoms. The van der Waals surface area contributed by atoms with Crippen LogP contribution in [0.4, 0.5) is 5.13 Å². The highest BCUT2D eigenvalue weighted by Crippen LogP contribution is 2.25. The minimum atomic E-state index is -0.0674. The molecule has 118 valence electrons. The molecule has 2 aromatic rings. The summed E-state index contributed by atoms with van der Waals surface area (Å²) in [6.45, 7) is 4.69. The molecule has 5 nitrogen and oxygen atoms in total. The van der Waals surface area contributed by atoms with Gasteiger partial charge in [0.2, 0.25) is 5.91 Å². The number of hydrogen-bond donors (Lipinski definition) is 1. The van der Waals surface area contributed by atoms with Crippen molar-refractivity contribution in [3.8, 4) is 0 Å². The number of rotatable bonds is 5. The Balaban J connectivity index is 1.53. The van der Waals surface area contributed by atoms with Gasteiger partial charge >= 0.3 is 0 Å². The summed E-state index contributed by atoms with van der Waals surface area (Å²) in [4.78, 5) is 23.4. The molecule has 0 spiro atoms. The summed E-state index contributed by atoms with van der Waals surface area (Å²) in [7, 11) is 0. The Morgan fingerprint density at radius 1 is 1.50 bits per heavy atom. The second-order valence-electron chi connectivity index (χ2n) is 5.74. The summed E-state index contributed by atoms with van der Waals surface area (Å²) in [5.41, 5.74) is 3.14. The van der Waals surface area contributed by atoms with Crippen LogP contribution in [-0.2, 0) is 17.8 Å². The Hall–Kier alpha value is -1.31. The molecule has 0 bridgehead atoms. The van der Waals surface area contributed by atoms with Gasteiger partial charge in [-0.1, -0.05) is 0 Å². The summed E-state index contributed by atoms with van der Waals surface area (Å²) in [5.74, 6) is 0.626. The first-order valence-electron chi connectivity index (χ1n) is 7.51. The number of piperidine rings is 1. The zero-order valence-electron chi connectivity index (χ0n) is 12.6. The van der Waals surface area contributed by atoms with Crippen LogP contribution in [0.25, 0.3) is 0 Å². The number of anilines is 1. The molecule has 0 radical (unpaired) electrons. The average Bonchev–Trinajstić information content (AvgIpc) is 3.11. The van der Waals surface area contributed by atoms with Gasteiger partial charge in [-0.2, -0.15) is 0 Å². The lowest BCUT2D eigenvalue weighted by Gasteiger charge is -2.32. The van der Waals surface area contributed by atoms with Crippen molar-refractivity contribution < 1.29 is 4.79 Å². The maximum atomic E-state index is 11.0.